The quantitative estimate of drug-likeness (QED) is 0.528. The van der Waals surface area contributed by atoms with Gasteiger partial charge in [-0.05, 0) is 72.3 Å². The zero-order valence-corrected chi connectivity index (χ0v) is 19.3. The molecule has 0 aliphatic heterocycles. The van der Waals surface area contributed by atoms with Crippen molar-refractivity contribution in [1.82, 2.24) is 0 Å². The topological polar surface area (TPSA) is 40.5 Å². The van der Waals surface area contributed by atoms with E-state index in [0.29, 0.717) is 18.3 Å². The molecule has 0 bridgehead atoms. The Hall–Kier alpha value is -0.860. The average molecular weight is 401 g/mol. The van der Waals surface area contributed by atoms with Crippen LogP contribution < -0.4 is 0 Å². The first kappa shape index (κ1) is 22.8. The highest BCUT2D eigenvalue weighted by atomic mass is 16.3. The molecule has 3 saturated carbocycles. The maximum absolute atomic E-state index is 10.0. The van der Waals surface area contributed by atoms with Crippen LogP contribution in [0.2, 0.25) is 0 Å². The Morgan fingerprint density at radius 2 is 1.79 bits per heavy atom. The molecule has 2 N–H and O–H groups in total. The van der Waals surface area contributed by atoms with Gasteiger partial charge in [-0.3, -0.25) is 0 Å². The molecule has 3 fully saturated rings. The highest BCUT2D eigenvalue weighted by Crippen LogP contribution is 2.59. The molecular formula is C27H44O2. The van der Waals surface area contributed by atoms with Gasteiger partial charge < -0.3 is 10.2 Å². The van der Waals surface area contributed by atoms with Gasteiger partial charge in [-0.15, -0.1) is 0 Å². The Bertz CT molecular complexity index is 643. The number of allylic oxidation sites excluding steroid dienone is 3. The number of aliphatic hydroxyl groups is 2. The smallest absolute Gasteiger partial charge is 0.0842 e. The van der Waals surface area contributed by atoms with Gasteiger partial charge in [-0.25, -0.2) is 0 Å². The fraction of sp³-hybridized carbons (Fsp3) is 0.778. The van der Waals surface area contributed by atoms with E-state index >= 15 is 0 Å². The second-order valence-electron chi connectivity index (χ2n) is 11.0. The molecule has 6 atom stereocenters. The van der Waals surface area contributed by atoms with E-state index in [0.717, 1.165) is 34.8 Å². The first-order valence-corrected chi connectivity index (χ1v) is 12.2. The fourth-order valence-electron chi connectivity index (χ4n) is 6.68. The van der Waals surface area contributed by atoms with E-state index in [2.05, 4.69) is 46.4 Å². The second-order valence-corrected chi connectivity index (χ2v) is 11.0. The van der Waals surface area contributed by atoms with Crippen LogP contribution >= 0.6 is 0 Å². The standard InChI is InChI=1S/C27H44O2/c1-18(2)8-6-9-19(3)23-13-14-24-21(10-7-15-27(23,24)5)11-12-22-17-26(29)25(28)16-20(22)4/h11-12,18-19,23-26,28-29H,4,6-10,13-17H2,1-3,5H3/b21-11?,22-12-. The monoisotopic (exact) mass is 400 g/mol. The second kappa shape index (κ2) is 9.52. The van der Waals surface area contributed by atoms with Crippen molar-refractivity contribution in [3.05, 3.63) is 35.5 Å². The Balaban J connectivity index is 1.70. The molecule has 3 aliphatic rings. The van der Waals surface area contributed by atoms with Crippen LogP contribution in [0.3, 0.4) is 0 Å². The number of hydrogen-bond acceptors (Lipinski definition) is 2. The predicted molar refractivity (Wildman–Crippen MR) is 123 cm³/mol. The first-order chi connectivity index (χ1) is 13.7. The summed E-state index contributed by atoms with van der Waals surface area (Å²) < 4.78 is 0. The van der Waals surface area contributed by atoms with E-state index < -0.39 is 12.2 Å². The molecule has 0 aromatic carbocycles. The van der Waals surface area contributed by atoms with Gasteiger partial charge in [0.15, 0.2) is 0 Å². The highest BCUT2D eigenvalue weighted by Gasteiger charge is 2.50. The van der Waals surface area contributed by atoms with E-state index in [-0.39, 0.29) is 0 Å². The van der Waals surface area contributed by atoms with Crippen molar-refractivity contribution in [1.29, 1.82) is 0 Å². The van der Waals surface area contributed by atoms with E-state index in [1.54, 1.807) is 5.57 Å². The first-order valence-electron chi connectivity index (χ1n) is 12.2. The molecule has 0 aromatic rings. The third kappa shape index (κ3) is 5.07. The molecular weight excluding hydrogens is 356 g/mol. The van der Waals surface area contributed by atoms with Gasteiger partial charge in [0, 0.05) is 12.8 Å². The molecule has 0 amide bonds. The highest BCUT2D eigenvalue weighted by molar-refractivity contribution is 5.37. The summed E-state index contributed by atoms with van der Waals surface area (Å²) in [6.07, 6.45) is 15.0. The normalized spacial score (nSPS) is 39.3. The van der Waals surface area contributed by atoms with Gasteiger partial charge in [0.05, 0.1) is 12.2 Å². The van der Waals surface area contributed by atoms with Crippen LogP contribution in [0.4, 0.5) is 0 Å². The largest absolute Gasteiger partial charge is 0.390 e. The molecule has 0 aromatic heterocycles. The number of fused-ring (bicyclic) bond motifs is 1. The lowest BCUT2D eigenvalue weighted by Gasteiger charge is -2.44. The molecule has 0 radical (unpaired) electrons. The van der Waals surface area contributed by atoms with Crippen molar-refractivity contribution in [2.75, 3.05) is 0 Å². The summed E-state index contributed by atoms with van der Waals surface area (Å²) in [6.45, 7) is 13.9. The van der Waals surface area contributed by atoms with E-state index in [4.69, 9.17) is 0 Å². The minimum absolute atomic E-state index is 0.457. The summed E-state index contributed by atoms with van der Waals surface area (Å²) in [4.78, 5) is 0. The lowest BCUT2D eigenvalue weighted by molar-refractivity contribution is 0.0138. The Morgan fingerprint density at radius 3 is 2.52 bits per heavy atom. The van der Waals surface area contributed by atoms with Crippen LogP contribution in [0.1, 0.15) is 91.9 Å². The molecule has 6 unspecified atom stereocenters. The van der Waals surface area contributed by atoms with Crippen molar-refractivity contribution in [2.45, 2.75) is 104 Å². The van der Waals surface area contributed by atoms with Crippen LogP contribution in [-0.4, -0.2) is 22.4 Å². The van der Waals surface area contributed by atoms with E-state index in [1.807, 2.05) is 0 Å². The van der Waals surface area contributed by atoms with Crippen LogP contribution in [0.5, 0.6) is 0 Å². The van der Waals surface area contributed by atoms with Crippen LogP contribution in [-0.2, 0) is 0 Å². The summed E-state index contributed by atoms with van der Waals surface area (Å²) in [5.74, 6) is 3.23. The maximum Gasteiger partial charge on any atom is 0.0842 e. The molecule has 0 spiro atoms. The van der Waals surface area contributed by atoms with Crippen LogP contribution in [0, 0.1) is 29.1 Å². The van der Waals surface area contributed by atoms with Crippen molar-refractivity contribution in [3.8, 4) is 0 Å². The SMILES string of the molecule is C=C1CC(O)C(O)C/C1=C/C=C1CCCC2(C)C1CCC2C(C)CCCC(C)C. The van der Waals surface area contributed by atoms with Crippen molar-refractivity contribution in [2.24, 2.45) is 29.1 Å². The Labute approximate surface area is 179 Å². The van der Waals surface area contributed by atoms with Gasteiger partial charge in [0.2, 0.25) is 0 Å². The van der Waals surface area contributed by atoms with Crippen molar-refractivity contribution in [3.63, 3.8) is 0 Å². The molecule has 3 aliphatic carbocycles. The maximum atomic E-state index is 10.0. The predicted octanol–water partition coefficient (Wildman–Crippen LogP) is 6.59. The van der Waals surface area contributed by atoms with E-state index in [9.17, 15) is 10.2 Å². The lowest BCUT2D eigenvalue weighted by atomic mass is 9.60. The molecule has 164 valence electrons. The summed E-state index contributed by atoms with van der Waals surface area (Å²) in [7, 11) is 0. The number of aliphatic hydroxyl groups excluding tert-OH is 2. The molecule has 0 saturated heterocycles. The lowest BCUT2D eigenvalue weighted by Crippen LogP contribution is -2.36. The minimum Gasteiger partial charge on any atom is -0.390 e. The summed E-state index contributed by atoms with van der Waals surface area (Å²) in [6, 6.07) is 0. The van der Waals surface area contributed by atoms with Gasteiger partial charge in [0.1, 0.15) is 0 Å². The summed E-state index contributed by atoms with van der Waals surface area (Å²) in [5.41, 5.74) is 4.19. The van der Waals surface area contributed by atoms with Crippen LogP contribution in [0.15, 0.2) is 35.5 Å². The third-order valence-electron chi connectivity index (χ3n) is 8.45. The van der Waals surface area contributed by atoms with E-state index in [1.165, 1.54) is 51.4 Å². The average Bonchev–Trinajstić information content (AvgIpc) is 3.01. The molecule has 0 heterocycles. The Kier molecular flexibility index (Phi) is 7.49. The molecule has 29 heavy (non-hydrogen) atoms. The fourth-order valence-corrected chi connectivity index (χ4v) is 6.68. The van der Waals surface area contributed by atoms with Gasteiger partial charge in [-0.2, -0.15) is 0 Å². The number of rotatable bonds is 6. The third-order valence-corrected chi connectivity index (χ3v) is 8.45. The molecule has 3 rings (SSSR count). The summed E-state index contributed by atoms with van der Waals surface area (Å²) in [5, 5.41) is 19.9. The summed E-state index contributed by atoms with van der Waals surface area (Å²) >= 11 is 0. The Morgan fingerprint density at radius 1 is 1.07 bits per heavy atom. The molecule has 2 nitrogen and oxygen atoms in total. The van der Waals surface area contributed by atoms with Gasteiger partial charge >= 0.3 is 0 Å². The van der Waals surface area contributed by atoms with Crippen LogP contribution in [0.25, 0.3) is 0 Å². The zero-order valence-electron chi connectivity index (χ0n) is 19.3. The number of hydrogen-bond donors (Lipinski definition) is 2. The zero-order chi connectivity index (χ0) is 21.2. The van der Waals surface area contributed by atoms with Gasteiger partial charge in [-0.1, -0.05) is 71.3 Å². The minimum atomic E-state index is -0.655. The van der Waals surface area contributed by atoms with Crippen molar-refractivity contribution >= 4 is 0 Å². The van der Waals surface area contributed by atoms with Crippen molar-refractivity contribution < 1.29 is 10.2 Å². The van der Waals surface area contributed by atoms with Gasteiger partial charge in [0.25, 0.3) is 0 Å². The molecule has 2 heteroatoms.